The fourth-order valence-electron chi connectivity index (χ4n) is 2.20. The highest BCUT2D eigenvalue weighted by molar-refractivity contribution is 9.09. The van der Waals surface area contributed by atoms with Crippen molar-refractivity contribution in [2.45, 2.75) is 12.3 Å². The minimum Gasteiger partial charge on any atom is -0.298 e. The molecular weight excluding hydrogens is 254 g/mol. The molecule has 1 aliphatic rings. The summed E-state index contributed by atoms with van der Waals surface area (Å²) < 4.78 is 0. The average Bonchev–Trinajstić information content (AvgIpc) is 2.66. The van der Waals surface area contributed by atoms with Crippen LogP contribution in [0.1, 0.15) is 17.0 Å². The number of hydrogen-bond donors (Lipinski definition) is 0. The van der Waals surface area contributed by atoms with Crippen LogP contribution in [0, 0.1) is 17.2 Å². The van der Waals surface area contributed by atoms with Crippen molar-refractivity contribution in [1.29, 1.82) is 5.26 Å². The van der Waals surface area contributed by atoms with E-state index in [9.17, 15) is 4.79 Å². The normalized spacial score (nSPS) is 23.2. The topological polar surface area (TPSA) is 40.9 Å². The molecule has 1 aromatic rings. The van der Waals surface area contributed by atoms with Gasteiger partial charge in [0, 0.05) is 0 Å². The minimum absolute atomic E-state index is 0.103. The van der Waals surface area contributed by atoms with Crippen molar-refractivity contribution in [2.75, 3.05) is 5.33 Å². The maximum absolute atomic E-state index is 11.7. The summed E-state index contributed by atoms with van der Waals surface area (Å²) in [5.41, 5.74) is 2.18. The van der Waals surface area contributed by atoms with Crippen LogP contribution in [0.3, 0.4) is 0 Å². The fraction of sp³-hybridized carbons (Fsp3) is 0.333. The zero-order valence-corrected chi connectivity index (χ0v) is 9.70. The van der Waals surface area contributed by atoms with E-state index in [0.717, 1.165) is 11.1 Å². The summed E-state index contributed by atoms with van der Waals surface area (Å²) in [7, 11) is 0. The molecule has 76 valence electrons. The Morgan fingerprint density at radius 1 is 1.53 bits per heavy atom. The Hall–Kier alpha value is -1.14. The van der Waals surface area contributed by atoms with E-state index in [1.54, 1.807) is 0 Å². The van der Waals surface area contributed by atoms with E-state index < -0.39 is 0 Å². The molecular formula is C12H10BrNO. The maximum Gasteiger partial charge on any atom is 0.152 e. The van der Waals surface area contributed by atoms with Crippen LogP contribution in [0.25, 0.3) is 0 Å². The summed E-state index contributed by atoms with van der Waals surface area (Å²) in [4.78, 5) is 11.7. The number of ketones is 1. The Morgan fingerprint density at radius 3 is 2.93 bits per heavy atom. The van der Waals surface area contributed by atoms with Crippen molar-refractivity contribution in [3.63, 3.8) is 0 Å². The van der Waals surface area contributed by atoms with Gasteiger partial charge < -0.3 is 0 Å². The van der Waals surface area contributed by atoms with Crippen molar-refractivity contribution in [3.05, 3.63) is 35.4 Å². The number of nitrogens with zero attached hydrogens (tertiary/aromatic N) is 1. The van der Waals surface area contributed by atoms with Gasteiger partial charge in [-0.2, -0.15) is 5.26 Å². The highest BCUT2D eigenvalue weighted by Crippen LogP contribution is 2.38. The summed E-state index contributed by atoms with van der Waals surface area (Å²) in [5.74, 6) is -0.315. The van der Waals surface area contributed by atoms with Crippen LogP contribution in [-0.4, -0.2) is 11.1 Å². The number of carbonyl (C=O) groups is 1. The quantitative estimate of drug-likeness (QED) is 0.770. The van der Waals surface area contributed by atoms with E-state index in [2.05, 4.69) is 22.0 Å². The van der Waals surface area contributed by atoms with E-state index in [1.165, 1.54) is 0 Å². The van der Waals surface area contributed by atoms with Gasteiger partial charge in [0.1, 0.15) is 0 Å². The number of fused-ring (bicyclic) bond motifs is 1. The van der Waals surface area contributed by atoms with E-state index in [-0.39, 0.29) is 17.6 Å². The Balaban J connectivity index is 2.43. The number of rotatable bonds is 2. The van der Waals surface area contributed by atoms with Crippen LogP contribution in [0.2, 0.25) is 0 Å². The lowest BCUT2D eigenvalue weighted by molar-refractivity contribution is -0.118. The molecule has 2 rings (SSSR count). The predicted octanol–water partition coefficient (Wildman–Crippen LogP) is 2.43. The number of carbonyl (C=O) groups excluding carboxylic acids is 1. The lowest BCUT2D eigenvalue weighted by atomic mass is 9.90. The first-order chi connectivity index (χ1) is 7.27. The molecule has 0 aromatic heterocycles. The van der Waals surface area contributed by atoms with E-state index >= 15 is 0 Å². The Labute approximate surface area is 97.0 Å². The second kappa shape index (κ2) is 4.16. The molecule has 3 heteroatoms. The van der Waals surface area contributed by atoms with Gasteiger partial charge in [-0.05, 0) is 17.5 Å². The van der Waals surface area contributed by atoms with Gasteiger partial charge in [-0.3, -0.25) is 4.79 Å². The zero-order valence-electron chi connectivity index (χ0n) is 8.11. The number of benzene rings is 1. The summed E-state index contributed by atoms with van der Waals surface area (Å²) in [6, 6.07) is 10.1. The minimum atomic E-state index is -0.231. The number of nitriles is 1. The van der Waals surface area contributed by atoms with Crippen molar-refractivity contribution in [2.24, 2.45) is 5.92 Å². The number of hydrogen-bond acceptors (Lipinski definition) is 2. The average molecular weight is 264 g/mol. The van der Waals surface area contributed by atoms with Crippen LogP contribution in [0.5, 0.6) is 0 Å². The standard InChI is InChI=1S/C12H10BrNO/c13-6-11(15)12-9(7-14)5-8-3-1-2-4-10(8)12/h1-4,9,12H,5-6H2. The first kappa shape index (κ1) is 10.4. The summed E-state index contributed by atoms with van der Waals surface area (Å²) in [6.45, 7) is 0. The monoisotopic (exact) mass is 263 g/mol. The van der Waals surface area contributed by atoms with Crippen molar-refractivity contribution < 1.29 is 4.79 Å². The lowest BCUT2D eigenvalue weighted by Gasteiger charge is -2.11. The third kappa shape index (κ3) is 1.70. The van der Waals surface area contributed by atoms with Crippen LogP contribution in [-0.2, 0) is 11.2 Å². The molecule has 0 N–H and O–H groups in total. The Bertz CT molecular complexity index is 435. The van der Waals surface area contributed by atoms with Crippen molar-refractivity contribution in [3.8, 4) is 6.07 Å². The van der Waals surface area contributed by atoms with Gasteiger partial charge in [0.25, 0.3) is 0 Å². The number of halogens is 1. The highest BCUT2D eigenvalue weighted by atomic mass is 79.9. The van der Waals surface area contributed by atoms with Gasteiger partial charge >= 0.3 is 0 Å². The number of alkyl halides is 1. The molecule has 0 aliphatic heterocycles. The molecule has 0 saturated carbocycles. The third-order valence-electron chi connectivity index (χ3n) is 2.88. The van der Waals surface area contributed by atoms with Crippen LogP contribution in [0.15, 0.2) is 24.3 Å². The van der Waals surface area contributed by atoms with Crippen LogP contribution >= 0.6 is 15.9 Å². The molecule has 2 atom stereocenters. The molecule has 0 heterocycles. The zero-order chi connectivity index (χ0) is 10.8. The first-order valence-corrected chi connectivity index (χ1v) is 5.96. The largest absolute Gasteiger partial charge is 0.298 e. The van der Waals surface area contributed by atoms with E-state index in [0.29, 0.717) is 11.8 Å². The van der Waals surface area contributed by atoms with Crippen LogP contribution < -0.4 is 0 Å². The van der Waals surface area contributed by atoms with Crippen molar-refractivity contribution >= 4 is 21.7 Å². The Kier molecular flexibility index (Phi) is 2.88. The Morgan fingerprint density at radius 2 is 2.27 bits per heavy atom. The summed E-state index contributed by atoms with van der Waals surface area (Å²) >= 11 is 3.17. The molecule has 1 aliphatic carbocycles. The third-order valence-corrected chi connectivity index (χ3v) is 3.43. The second-order valence-electron chi connectivity index (χ2n) is 3.72. The van der Waals surface area contributed by atoms with E-state index in [4.69, 9.17) is 5.26 Å². The van der Waals surface area contributed by atoms with Gasteiger partial charge in [-0.15, -0.1) is 0 Å². The first-order valence-electron chi connectivity index (χ1n) is 4.84. The summed E-state index contributed by atoms with van der Waals surface area (Å²) in [5, 5.41) is 9.36. The van der Waals surface area contributed by atoms with Gasteiger partial charge in [0.2, 0.25) is 0 Å². The smallest absolute Gasteiger partial charge is 0.152 e. The highest BCUT2D eigenvalue weighted by Gasteiger charge is 2.36. The molecule has 0 amide bonds. The number of Topliss-reactive ketones (excluding diaryl/α,β-unsaturated/α-hetero) is 1. The van der Waals surface area contributed by atoms with Gasteiger partial charge in [-0.25, -0.2) is 0 Å². The molecule has 0 fully saturated rings. The molecule has 0 radical (unpaired) electrons. The maximum atomic E-state index is 11.7. The molecule has 2 nitrogen and oxygen atoms in total. The molecule has 15 heavy (non-hydrogen) atoms. The van der Waals surface area contributed by atoms with Gasteiger partial charge in [0.15, 0.2) is 5.78 Å². The fourth-order valence-corrected chi connectivity index (χ4v) is 2.54. The van der Waals surface area contributed by atoms with Crippen molar-refractivity contribution in [1.82, 2.24) is 0 Å². The second-order valence-corrected chi connectivity index (χ2v) is 4.28. The van der Waals surface area contributed by atoms with Crippen LogP contribution in [0.4, 0.5) is 0 Å². The lowest BCUT2D eigenvalue weighted by Crippen LogP contribution is -2.17. The SMILES string of the molecule is N#CC1Cc2ccccc2C1C(=O)CBr. The van der Waals surface area contributed by atoms with Gasteiger partial charge in [0.05, 0.1) is 23.2 Å². The van der Waals surface area contributed by atoms with Gasteiger partial charge in [-0.1, -0.05) is 40.2 Å². The molecule has 0 spiro atoms. The predicted molar refractivity (Wildman–Crippen MR) is 60.8 cm³/mol. The molecule has 0 saturated heterocycles. The summed E-state index contributed by atoms with van der Waals surface area (Å²) in [6.07, 6.45) is 0.704. The van der Waals surface area contributed by atoms with E-state index in [1.807, 2.05) is 24.3 Å². The molecule has 0 bridgehead atoms. The molecule has 1 aromatic carbocycles. The molecule has 2 unspecified atom stereocenters.